The Kier molecular flexibility index (Phi) is 11.2. The maximum Gasteiger partial charge on any atom is 0.408 e. The lowest BCUT2D eigenvalue weighted by Crippen LogP contribution is -2.49. The molecule has 0 bridgehead atoms. The zero-order valence-corrected chi connectivity index (χ0v) is 16.7. The maximum absolute atomic E-state index is 12.3. The van der Waals surface area contributed by atoms with E-state index >= 15 is 0 Å². The molecule has 0 fully saturated rings. The number of carbonyl (C=O) groups excluding carboxylic acids is 4. The van der Waals surface area contributed by atoms with E-state index < -0.39 is 29.9 Å². The van der Waals surface area contributed by atoms with E-state index in [-0.39, 0.29) is 19.7 Å². The molecule has 28 heavy (non-hydrogen) atoms. The van der Waals surface area contributed by atoms with Crippen molar-refractivity contribution in [1.29, 1.82) is 0 Å². The minimum absolute atomic E-state index is 0.0828. The van der Waals surface area contributed by atoms with Crippen LogP contribution < -0.4 is 16.0 Å². The smallest absolute Gasteiger partial charge is 0.408 e. The molecule has 0 heterocycles. The first-order valence-electron chi connectivity index (χ1n) is 8.53. The van der Waals surface area contributed by atoms with Crippen molar-refractivity contribution in [3.8, 4) is 0 Å². The van der Waals surface area contributed by atoms with Gasteiger partial charge < -0.3 is 25.4 Å². The van der Waals surface area contributed by atoms with Gasteiger partial charge in [-0.2, -0.15) is 11.8 Å². The molecule has 1 atom stereocenters. The summed E-state index contributed by atoms with van der Waals surface area (Å²) in [5.41, 5.74) is 0.824. The number of amides is 3. The van der Waals surface area contributed by atoms with Crippen LogP contribution in [0.2, 0.25) is 0 Å². The Bertz CT molecular complexity index is 656. The monoisotopic (exact) mass is 411 g/mol. The molecule has 1 aromatic carbocycles. The highest BCUT2D eigenvalue weighted by molar-refractivity contribution is 7.98. The van der Waals surface area contributed by atoms with Crippen LogP contribution in [0.1, 0.15) is 12.0 Å². The zero-order chi connectivity index (χ0) is 20.8. The molecule has 0 aliphatic heterocycles. The Morgan fingerprint density at radius 1 is 1.07 bits per heavy atom. The quantitative estimate of drug-likeness (QED) is 0.452. The minimum Gasteiger partial charge on any atom is -0.468 e. The Labute approximate surface area is 167 Å². The molecule has 3 N–H and O–H groups in total. The second-order valence-electron chi connectivity index (χ2n) is 5.61. The molecule has 154 valence electrons. The molecule has 1 aromatic rings. The van der Waals surface area contributed by atoms with Gasteiger partial charge in [0.15, 0.2) is 0 Å². The van der Waals surface area contributed by atoms with Gasteiger partial charge in [-0.1, -0.05) is 30.3 Å². The van der Waals surface area contributed by atoms with E-state index in [0.717, 1.165) is 5.56 Å². The number of esters is 1. The number of methoxy groups -OCH3 is 1. The number of rotatable bonds is 11. The maximum atomic E-state index is 12.3. The topological polar surface area (TPSA) is 123 Å². The summed E-state index contributed by atoms with van der Waals surface area (Å²) in [5.74, 6) is -1.03. The molecule has 0 aliphatic rings. The van der Waals surface area contributed by atoms with E-state index in [9.17, 15) is 19.2 Å². The van der Waals surface area contributed by atoms with E-state index in [1.165, 1.54) is 18.9 Å². The number of hydrogen-bond donors (Lipinski definition) is 3. The molecule has 0 unspecified atom stereocenters. The molecule has 10 heteroatoms. The second-order valence-corrected chi connectivity index (χ2v) is 6.60. The van der Waals surface area contributed by atoms with Gasteiger partial charge in [-0.3, -0.25) is 14.4 Å². The largest absolute Gasteiger partial charge is 0.468 e. The third kappa shape index (κ3) is 9.81. The Morgan fingerprint density at radius 2 is 1.79 bits per heavy atom. The van der Waals surface area contributed by atoms with Crippen LogP contribution in [0.5, 0.6) is 0 Å². The van der Waals surface area contributed by atoms with Crippen LogP contribution in [-0.2, 0) is 30.5 Å². The molecule has 0 aromatic heterocycles. The lowest BCUT2D eigenvalue weighted by molar-refractivity contribution is -0.141. The van der Waals surface area contributed by atoms with Gasteiger partial charge in [0, 0.05) is 0 Å². The highest BCUT2D eigenvalue weighted by Crippen LogP contribution is 2.04. The third-order valence-electron chi connectivity index (χ3n) is 3.51. The molecular formula is C18H25N3O6S. The number of carbonyl (C=O) groups is 4. The van der Waals surface area contributed by atoms with Crippen molar-refractivity contribution in [2.75, 3.05) is 32.2 Å². The second kappa shape index (κ2) is 13.4. The first kappa shape index (κ1) is 23.3. The van der Waals surface area contributed by atoms with E-state index in [4.69, 9.17) is 4.74 Å². The number of hydrogen-bond acceptors (Lipinski definition) is 7. The lowest BCUT2D eigenvalue weighted by Gasteiger charge is -2.18. The molecule has 0 aliphatic carbocycles. The third-order valence-corrected chi connectivity index (χ3v) is 4.16. The van der Waals surface area contributed by atoms with Crippen LogP contribution in [0.4, 0.5) is 4.79 Å². The van der Waals surface area contributed by atoms with Crippen LogP contribution in [0.15, 0.2) is 30.3 Å². The summed E-state index contributed by atoms with van der Waals surface area (Å²) >= 11 is 1.52. The summed E-state index contributed by atoms with van der Waals surface area (Å²) in [7, 11) is 1.20. The minimum atomic E-state index is -0.843. The van der Waals surface area contributed by atoms with Crippen molar-refractivity contribution in [2.45, 2.75) is 19.1 Å². The summed E-state index contributed by atoms with van der Waals surface area (Å²) in [4.78, 5) is 46.9. The predicted molar refractivity (Wildman–Crippen MR) is 105 cm³/mol. The fraction of sp³-hybridized carbons (Fsp3) is 0.444. The lowest BCUT2D eigenvalue weighted by atomic mass is 10.2. The molecule has 0 saturated heterocycles. The molecule has 0 spiro atoms. The standard InChI is InChI=1S/C18H25N3O6S/c1-26-16(23)11-19-15(22)10-20-17(24)14(8-9-28-2)21-18(25)27-12-13-6-4-3-5-7-13/h3-7,14H,8-12H2,1-2H3,(H,19,22)(H,20,24)(H,21,25)/t14-/m1/s1. The number of benzene rings is 1. The van der Waals surface area contributed by atoms with Crippen molar-refractivity contribution >= 4 is 35.6 Å². The van der Waals surface area contributed by atoms with Gasteiger partial charge in [-0.15, -0.1) is 0 Å². The van der Waals surface area contributed by atoms with Crippen LogP contribution in [0.25, 0.3) is 0 Å². The number of nitrogens with one attached hydrogen (secondary N) is 3. The Hall–Kier alpha value is -2.75. The average molecular weight is 411 g/mol. The zero-order valence-electron chi connectivity index (χ0n) is 15.9. The van der Waals surface area contributed by atoms with Crippen molar-refractivity contribution in [3.63, 3.8) is 0 Å². The van der Waals surface area contributed by atoms with Gasteiger partial charge in [-0.05, 0) is 24.0 Å². The van der Waals surface area contributed by atoms with Gasteiger partial charge in [0.05, 0.1) is 13.7 Å². The molecular weight excluding hydrogens is 386 g/mol. The van der Waals surface area contributed by atoms with Crippen LogP contribution in [0.3, 0.4) is 0 Å². The molecule has 0 radical (unpaired) electrons. The van der Waals surface area contributed by atoms with Crippen molar-refractivity contribution in [2.24, 2.45) is 0 Å². The number of ether oxygens (including phenoxy) is 2. The average Bonchev–Trinajstić information content (AvgIpc) is 2.72. The van der Waals surface area contributed by atoms with Crippen LogP contribution in [-0.4, -0.2) is 62.1 Å². The van der Waals surface area contributed by atoms with E-state index in [1.807, 2.05) is 36.6 Å². The van der Waals surface area contributed by atoms with Crippen LogP contribution in [0, 0.1) is 0 Å². The van der Waals surface area contributed by atoms with Crippen molar-refractivity contribution in [3.05, 3.63) is 35.9 Å². The van der Waals surface area contributed by atoms with Gasteiger partial charge in [0.1, 0.15) is 19.2 Å². The van der Waals surface area contributed by atoms with Gasteiger partial charge in [0.2, 0.25) is 11.8 Å². The molecule has 1 rings (SSSR count). The molecule has 3 amide bonds. The predicted octanol–water partition coefficient (Wildman–Crippen LogP) is 0.440. The van der Waals surface area contributed by atoms with Gasteiger partial charge >= 0.3 is 12.1 Å². The van der Waals surface area contributed by atoms with E-state index in [2.05, 4.69) is 20.7 Å². The first-order valence-corrected chi connectivity index (χ1v) is 9.93. The molecule has 9 nitrogen and oxygen atoms in total. The summed E-state index contributed by atoms with van der Waals surface area (Å²) in [5, 5.41) is 7.25. The van der Waals surface area contributed by atoms with Crippen LogP contribution >= 0.6 is 11.8 Å². The Morgan fingerprint density at radius 3 is 2.43 bits per heavy atom. The van der Waals surface area contributed by atoms with Crippen molar-refractivity contribution in [1.82, 2.24) is 16.0 Å². The fourth-order valence-electron chi connectivity index (χ4n) is 2.01. The van der Waals surface area contributed by atoms with E-state index in [1.54, 1.807) is 0 Å². The SMILES string of the molecule is COC(=O)CNC(=O)CNC(=O)[C@@H](CCSC)NC(=O)OCc1ccccc1. The Balaban J connectivity index is 2.46. The summed E-state index contributed by atoms with van der Waals surface area (Å²) in [6.45, 7) is -0.531. The summed E-state index contributed by atoms with van der Waals surface area (Å²) < 4.78 is 9.53. The van der Waals surface area contributed by atoms with Gasteiger partial charge in [-0.25, -0.2) is 4.79 Å². The van der Waals surface area contributed by atoms with E-state index in [0.29, 0.717) is 12.2 Å². The number of thioether (sulfide) groups is 1. The fourth-order valence-corrected chi connectivity index (χ4v) is 2.48. The highest BCUT2D eigenvalue weighted by atomic mass is 32.2. The molecule has 0 saturated carbocycles. The summed E-state index contributed by atoms with van der Waals surface area (Å²) in [6.07, 6.45) is 1.53. The van der Waals surface area contributed by atoms with Crippen molar-refractivity contribution < 1.29 is 28.7 Å². The normalized spacial score (nSPS) is 11.1. The van der Waals surface area contributed by atoms with Gasteiger partial charge in [0.25, 0.3) is 0 Å². The summed E-state index contributed by atoms with van der Waals surface area (Å²) in [6, 6.07) is 8.31. The number of alkyl carbamates (subject to hydrolysis) is 1. The highest BCUT2D eigenvalue weighted by Gasteiger charge is 2.21. The first-order chi connectivity index (χ1) is 13.5.